The number of imide groups is 2. The molecule has 4 heterocycles. The van der Waals surface area contributed by atoms with Crippen molar-refractivity contribution in [3.8, 4) is 5.88 Å². The predicted molar refractivity (Wildman–Crippen MR) is 127 cm³/mol. The van der Waals surface area contributed by atoms with Gasteiger partial charge in [0.05, 0.1) is 17.3 Å². The molecule has 4 rings (SSSR count). The van der Waals surface area contributed by atoms with Gasteiger partial charge in [0.25, 0.3) is 11.8 Å². The van der Waals surface area contributed by atoms with Gasteiger partial charge in [-0.3, -0.25) is 19.8 Å². The Bertz CT molecular complexity index is 1220. The molecule has 6 amide bonds. The van der Waals surface area contributed by atoms with Crippen LogP contribution in [-0.2, 0) is 19.4 Å². The molecule has 0 bridgehead atoms. The third-order valence-corrected chi connectivity index (χ3v) is 9.65. The molecule has 1 aromatic rings. The summed E-state index contributed by atoms with van der Waals surface area (Å²) in [6.45, 7) is 3.01. The van der Waals surface area contributed by atoms with Crippen molar-refractivity contribution in [1.82, 2.24) is 30.7 Å². The zero-order valence-corrected chi connectivity index (χ0v) is 21.5. The van der Waals surface area contributed by atoms with Crippen molar-refractivity contribution in [3.05, 3.63) is 23.4 Å². The molecule has 0 spiro atoms. The van der Waals surface area contributed by atoms with Crippen molar-refractivity contribution in [2.75, 3.05) is 32.4 Å². The Labute approximate surface area is 212 Å². The smallest absolute Gasteiger partial charge is 0.327 e. The number of piperidine rings is 1. The molecule has 196 valence electrons. The molecule has 36 heavy (non-hydrogen) atoms. The van der Waals surface area contributed by atoms with E-state index in [4.69, 9.17) is 16.3 Å². The van der Waals surface area contributed by atoms with E-state index in [9.17, 15) is 27.6 Å². The monoisotopic (exact) mass is 542 g/mol. The van der Waals surface area contributed by atoms with Gasteiger partial charge in [-0.15, -0.1) is 0 Å². The quantitative estimate of drug-likeness (QED) is 0.397. The number of amides is 6. The van der Waals surface area contributed by atoms with Gasteiger partial charge in [0, 0.05) is 32.2 Å². The number of nitrogens with zero attached hydrogens (tertiary/aromatic N) is 3. The predicted octanol–water partition coefficient (Wildman–Crippen LogP) is -0.141. The maximum absolute atomic E-state index is 14.0. The Kier molecular flexibility index (Phi) is 6.42. The highest BCUT2D eigenvalue weighted by atomic mass is 35.5. The normalized spacial score (nSPS) is 25.7. The van der Waals surface area contributed by atoms with E-state index in [-0.39, 0.29) is 18.7 Å². The van der Waals surface area contributed by atoms with Crippen LogP contribution in [0.25, 0.3) is 0 Å². The van der Waals surface area contributed by atoms with E-state index >= 15 is 0 Å². The van der Waals surface area contributed by atoms with Gasteiger partial charge >= 0.3 is 12.1 Å². The van der Waals surface area contributed by atoms with Gasteiger partial charge in [-0.25, -0.2) is 23.0 Å². The summed E-state index contributed by atoms with van der Waals surface area (Å²) in [5.41, 5.74) is -3.33. The second-order valence-electron chi connectivity index (χ2n) is 9.62. The van der Waals surface area contributed by atoms with Crippen molar-refractivity contribution < 1.29 is 32.3 Å². The third-order valence-electron chi connectivity index (χ3n) is 6.93. The lowest BCUT2D eigenvalue weighted by Crippen LogP contribution is -2.64. The van der Waals surface area contributed by atoms with Gasteiger partial charge < -0.3 is 20.3 Å². The molecule has 3 N–H and O–H groups in total. The van der Waals surface area contributed by atoms with Crippen molar-refractivity contribution in [2.24, 2.45) is 0 Å². The number of hydrogen-bond acceptors (Lipinski definition) is 9. The summed E-state index contributed by atoms with van der Waals surface area (Å²) in [6, 6.07) is 1.29. The van der Waals surface area contributed by atoms with Gasteiger partial charge in [-0.1, -0.05) is 11.6 Å². The molecule has 3 aliphatic rings. The number of halogens is 1. The van der Waals surface area contributed by atoms with Crippen LogP contribution in [0.5, 0.6) is 5.88 Å². The van der Waals surface area contributed by atoms with Crippen LogP contribution in [-0.4, -0.2) is 95.5 Å². The summed E-state index contributed by atoms with van der Waals surface area (Å²) in [5.74, 6) is -2.48. The average Bonchev–Trinajstić information content (AvgIpc) is 3.16. The van der Waals surface area contributed by atoms with Crippen LogP contribution in [0, 0.1) is 0 Å². The van der Waals surface area contributed by atoms with Gasteiger partial charge in [-0.2, -0.15) is 0 Å². The average molecular weight is 543 g/mol. The highest BCUT2D eigenvalue weighted by Gasteiger charge is 2.60. The summed E-state index contributed by atoms with van der Waals surface area (Å²) >= 11 is 5.88. The number of ether oxygens (including phenoxy) is 1. The second kappa shape index (κ2) is 8.85. The summed E-state index contributed by atoms with van der Waals surface area (Å²) < 4.78 is 33.9. The first kappa shape index (κ1) is 26.1. The van der Waals surface area contributed by atoms with Gasteiger partial charge in [0.15, 0.2) is 15.4 Å². The molecule has 3 aliphatic heterocycles. The highest BCUT2D eigenvalue weighted by Crippen LogP contribution is 2.35. The molecule has 1 atom stereocenters. The molecule has 15 heteroatoms. The number of hydrogen-bond donors (Lipinski definition) is 3. The number of likely N-dealkylation sites (N-methyl/N-ethyl adjacent to an activating group) is 1. The minimum atomic E-state index is -4.34. The topological polar surface area (TPSA) is 167 Å². The van der Waals surface area contributed by atoms with Crippen LogP contribution in [0.3, 0.4) is 0 Å². The van der Waals surface area contributed by atoms with Gasteiger partial charge in [0.1, 0.15) is 5.54 Å². The first-order valence-corrected chi connectivity index (χ1v) is 13.2. The summed E-state index contributed by atoms with van der Waals surface area (Å²) in [6.07, 6.45) is 1.37. The lowest BCUT2D eigenvalue weighted by atomic mass is 10.0. The standard InChI is InChI=1S/C21H27ClN6O7S/c1-19(2)16(30)28(18(32)27(19)3)11-20(15(29)25-17(31)26-20)12-36(33,34)21(6-8-23-9-7-21)35-14-5-4-13(22)10-24-14/h4-5,10,23H,6-9,11-12H2,1-3H3,(H2,25,26,29,31). The lowest BCUT2D eigenvalue weighted by molar-refractivity contribution is -0.133. The molecular formula is C21H27ClN6O7S. The minimum Gasteiger partial charge on any atom is -0.455 e. The van der Waals surface area contributed by atoms with E-state index < -0.39 is 62.0 Å². The maximum atomic E-state index is 14.0. The Morgan fingerprint density at radius 3 is 2.31 bits per heavy atom. The first-order valence-electron chi connectivity index (χ1n) is 11.2. The van der Waals surface area contributed by atoms with Crippen molar-refractivity contribution in [1.29, 1.82) is 0 Å². The molecule has 1 aromatic heterocycles. The zero-order chi connectivity index (χ0) is 26.5. The van der Waals surface area contributed by atoms with Crippen LogP contribution < -0.4 is 20.7 Å². The molecule has 3 saturated heterocycles. The van der Waals surface area contributed by atoms with Crippen LogP contribution >= 0.6 is 11.6 Å². The number of rotatable bonds is 7. The largest absolute Gasteiger partial charge is 0.455 e. The second-order valence-corrected chi connectivity index (χ2v) is 12.3. The number of urea groups is 2. The molecule has 0 saturated carbocycles. The number of sulfone groups is 1. The maximum Gasteiger partial charge on any atom is 0.327 e. The number of aromatic nitrogens is 1. The number of pyridine rings is 1. The van der Waals surface area contributed by atoms with Crippen molar-refractivity contribution in [3.63, 3.8) is 0 Å². The van der Waals surface area contributed by atoms with Crippen molar-refractivity contribution in [2.45, 2.75) is 42.7 Å². The zero-order valence-electron chi connectivity index (χ0n) is 20.0. The first-order chi connectivity index (χ1) is 16.7. The Morgan fingerprint density at radius 2 is 1.81 bits per heavy atom. The van der Waals surface area contributed by atoms with Crippen LogP contribution in [0.2, 0.25) is 5.02 Å². The number of carbonyl (C=O) groups is 4. The van der Waals surface area contributed by atoms with E-state index in [1.54, 1.807) is 0 Å². The minimum absolute atomic E-state index is 0.0205. The molecule has 3 fully saturated rings. The van der Waals surface area contributed by atoms with E-state index in [2.05, 4.69) is 15.6 Å². The summed E-state index contributed by atoms with van der Waals surface area (Å²) in [4.78, 5) is 55.2. The fourth-order valence-corrected chi connectivity index (χ4v) is 6.89. The Balaban J connectivity index is 1.71. The fraction of sp³-hybridized carbons (Fsp3) is 0.571. The van der Waals surface area contributed by atoms with E-state index in [0.29, 0.717) is 18.1 Å². The van der Waals surface area contributed by atoms with Gasteiger partial charge in [-0.05, 0) is 33.0 Å². The molecule has 13 nitrogen and oxygen atoms in total. The van der Waals surface area contributed by atoms with E-state index in [1.807, 2.05) is 5.32 Å². The fourth-order valence-electron chi connectivity index (χ4n) is 4.53. The van der Waals surface area contributed by atoms with E-state index in [0.717, 1.165) is 4.90 Å². The number of nitrogens with one attached hydrogen (secondary N) is 3. The molecule has 0 aliphatic carbocycles. The van der Waals surface area contributed by atoms with Crippen molar-refractivity contribution >= 4 is 45.3 Å². The van der Waals surface area contributed by atoms with Crippen LogP contribution in [0.15, 0.2) is 18.3 Å². The number of carbonyl (C=O) groups excluding carboxylic acids is 4. The molecular weight excluding hydrogens is 516 g/mol. The van der Waals surface area contributed by atoms with Crippen LogP contribution in [0.1, 0.15) is 26.7 Å². The van der Waals surface area contributed by atoms with Gasteiger partial charge in [0.2, 0.25) is 10.8 Å². The summed E-state index contributed by atoms with van der Waals surface area (Å²) in [7, 11) is -2.92. The Hall–Kier alpha value is -2.97. The SMILES string of the molecule is CN1C(=O)N(CC2(CS(=O)(=O)C3(Oc4ccc(Cl)cn4)CCNCC3)NC(=O)NC2=O)C(=O)C1(C)C. The molecule has 1 unspecified atom stereocenters. The Morgan fingerprint density at radius 1 is 1.14 bits per heavy atom. The summed E-state index contributed by atoms with van der Waals surface area (Å²) in [5, 5.41) is 7.81. The molecule has 0 radical (unpaired) electrons. The van der Waals surface area contributed by atoms with E-state index in [1.165, 1.54) is 44.1 Å². The lowest BCUT2D eigenvalue weighted by Gasteiger charge is -2.39. The van der Waals surface area contributed by atoms with Crippen LogP contribution in [0.4, 0.5) is 9.59 Å². The highest BCUT2D eigenvalue weighted by molar-refractivity contribution is 7.92. The third kappa shape index (κ3) is 4.26. The molecule has 0 aromatic carbocycles.